The molecule has 1 aromatic carbocycles. The molecular weight excluding hydrogens is 238 g/mol. The van der Waals surface area contributed by atoms with Crippen LogP contribution in [0.5, 0.6) is 0 Å². The van der Waals surface area contributed by atoms with Crippen LogP contribution in [0.15, 0.2) is 18.2 Å². The van der Waals surface area contributed by atoms with Gasteiger partial charge in [0, 0.05) is 45.0 Å². The quantitative estimate of drug-likeness (QED) is 0.759. The number of rotatable bonds is 3. The topological polar surface area (TPSA) is 47.5 Å². The van der Waals surface area contributed by atoms with Gasteiger partial charge in [0.05, 0.1) is 6.10 Å². The number of nitrogens with one attached hydrogen (secondary N) is 2. The molecular formula is C15H23N3O. The molecule has 0 aliphatic carbocycles. The van der Waals surface area contributed by atoms with E-state index in [4.69, 9.17) is 0 Å². The first-order chi connectivity index (χ1) is 9.33. The normalized spacial score (nSPS) is 21.5. The van der Waals surface area contributed by atoms with Crippen LogP contribution in [0.2, 0.25) is 0 Å². The lowest BCUT2D eigenvalue weighted by atomic mass is 9.99. The van der Waals surface area contributed by atoms with E-state index in [9.17, 15) is 5.11 Å². The number of β-amino-alcohol motifs (C(OH)–C–C–N with tert-alkyl or cyclic N) is 1. The van der Waals surface area contributed by atoms with Gasteiger partial charge < -0.3 is 15.7 Å². The summed E-state index contributed by atoms with van der Waals surface area (Å²) in [5, 5.41) is 17.1. The highest BCUT2D eigenvalue weighted by atomic mass is 16.3. The fraction of sp³-hybridized carbons (Fsp3) is 0.600. The lowest BCUT2D eigenvalue weighted by Crippen LogP contribution is -2.44. The van der Waals surface area contributed by atoms with Crippen molar-refractivity contribution < 1.29 is 5.11 Å². The molecule has 1 unspecified atom stereocenters. The van der Waals surface area contributed by atoms with Gasteiger partial charge in [0.25, 0.3) is 0 Å². The summed E-state index contributed by atoms with van der Waals surface area (Å²) >= 11 is 0. The number of aryl methyl sites for hydroxylation is 1. The predicted molar refractivity (Wildman–Crippen MR) is 77.5 cm³/mol. The first kappa shape index (κ1) is 12.9. The number of aliphatic hydroxyl groups is 1. The van der Waals surface area contributed by atoms with Gasteiger partial charge >= 0.3 is 0 Å². The Hall–Kier alpha value is -1.10. The number of piperazine rings is 1. The van der Waals surface area contributed by atoms with Gasteiger partial charge in [0.15, 0.2) is 0 Å². The molecule has 0 spiro atoms. The number of fused-ring (bicyclic) bond motifs is 1. The SMILES string of the molecule is OC(CN1CCNCC1)c1ccc2c(c1)NCCC2. The summed E-state index contributed by atoms with van der Waals surface area (Å²) in [7, 11) is 0. The fourth-order valence-electron chi connectivity index (χ4n) is 2.93. The van der Waals surface area contributed by atoms with Gasteiger partial charge in [-0.15, -0.1) is 0 Å². The van der Waals surface area contributed by atoms with Crippen LogP contribution in [0.1, 0.15) is 23.7 Å². The van der Waals surface area contributed by atoms with Crippen LogP contribution in [0, 0.1) is 0 Å². The van der Waals surface area contributed by atoms with Crippen LogP contribution < -0.4 is 10.6 Å². The summed E-state index contributed by atoms with van der Waals surface area (Å²) in [4.78, 5) is 2.33. The molecule has 1 atom stereocenters. The van der Waals surface area contributed by atoms with Crippen molar-refractivity contribution >= 4 is 5.69 Å². The molecule has 3 N–H and O–H groups in total. The smallest absolute Gasteiger partial charge is 0.0917 e. The average molecular weight is 261 g/mol. The number of anilines is 1. The van der Waals surface area contributed by atoms with E-state index in [-0.39, 0.29) is 6.10 Å². The highest BCUT2D eigenvalue weighted by molar-refractivity contribution is 5.55. The maximum Gasteiger partial charge on any atom is 0.0917 e. The van der Waals surface area contributed by atoms with Gasteiger partial charge in [0.2, 0.25) is 0 Å². The third-order valence-electron chi connectivity index (χ3n) is 4.10. The highest BCUT2D eigenvalue weighted by Gasteiger charge is 2.17. The Kier molecular flexibility index (Phi) is 4.01. The lowest BCUT2D eigenvalue weighted by Gasteiger charge is -2.29. The minimum absolute atomic E-state index is 0.382. The molecule has 1 saturated heterocycles. The Bertz CT molecular complexity index is 429. The van der Waals surface area contributed by atoms with Crippen LogP contribution in [0.3, 0.4) is 0 Å². The van der Waals surface area contributed by atoms with E-state index in [1.54, 1.807) is 0 Å². The monoisotopic (exact) mass is 261 g/mol. The number of aliphatic hydroxyl groups excluding tert-OH is 1. The van der Waals surface area contributed by atoms with Crippen LogP contribution in [-0.2, 0) is 6.42 Å². The summed E-state index contributed by atoms with van der Waals surface area (Å²) in [6.45, 7) is 5.89. The standard InChI is InChI=1S/C15H23N3O/c19-15(11-18-8-6-16-7-9-18)13-4-3-12-2-1-5-17-14(12)10-13/h3-4,10,15-17,19H,1-2,5-9,11H2. The number of hydrogen-bond acceptors (Lipinski definition) is 4. The number of nitrogens with zero attached hydrogens (tertiary/aromatic N) is 1. The maximum atomic E-state index is 10.4. The zero-order valence-electron chi connectivity index (χ0n) is 11.4. The first-order valence-corrected chi connectivity index (χ1v) is 7.31. The van der Waals surface area contributed by atoms with Crippen LogP contribution in [-0.4, -0.2) is 49.3 Å². The Morgan fingerprint density at radius 3 is 2.89 bits per heavy atom. The zero-order chi connectivity index (χ0) is 13.1. The summed E-state index contributed by atoms with van der Waals surface area (Å²) in [5.41, 5.74) is 3.62. The molecule has 104 valence electrons. The second-order valence-electron chi connectivity index (χ2n) is 5.51. The molecule has 1 aromatic rings. The van der Waals surface area contributed by atoms with Crippen LogP contribution >= 0.6 is 0 Å². The lowest BCUT2D eigenvalue weighted by molar-refractivity contribution is 0.105. The summed E-state index contributed by atoms with van der Waals surface area (Å²) in [6, 6.07) is 6.37. The maximum absolute atomic E-state index is 10.4. The third-order valence-corrected chi connectivity index (χ3v) is 4.10. The largest absolute Gasteiger partial charge is 0.387 e. The molecule has 19 heavy (non-hydrogen) atoms. The second kappa shape index (κ2) is 5.90. The van der Waals surface area contributed by atoms with Gasteiger partial charge in [-0.3, -0.25) is 4.90 Å². The van der Waals surface area contributed by atoms with Crippen molar-refractivity contribution in [3.05, 3.63) is 29.3 Å². The van der Waals surface area contributed by atoms with E-state index in [1.165, 1.54) is 17.7 Å². The van der Waals surface area contributed by atoms with Crippen LogP contribution in [0.25, 0.3) is 0 Å². The van der Waals surface area contributed by atoms with E-state index >= 15 is 0 Å². The molecule has 2 heterocycles. The molecule has 4 heteroatoms. The molecule has 1 fully saturated rings. The average Bonchev–Trinajstić information content (AvgIpc) is 2.48. The van der Waals surface area contributed by atoms with Gasteiger partial charge in [-0.05, 0) is 30.0 Å². The minimum Gasteiger partial charge on any atom is -0.387 e. The molecule has 0 aromatic heterocycles. The van der Waals surface area contributed by atoms with Gasteiger partial charge in [-0.25, -0.2) is 0 Å². The summed E-state index contributed by atoms with van der Waals surface area (Å²) < 4.78 is 0. The molecule has 4 nitrogen and oxygen atoms in total. The Morgan fingerprint density at radius 2 is 2.05 bits per heavy atom. The van der Waals surface area contributed by atoms with E-state index in [0.29, 0.717) is 0 Å². The highest BCUT2D eigenvalue weighted by Crippen LogP contribution is 2.26. The zero-order valence-corrected chi connectivity index (χ0v) is 11.4. The molecule has 3 rings (SSSR count). The van der Waals surface area contributed by atoms with Crippen molar-refractivity contribution in [2.45, 2.75) is 18.9 Å². The Morgan fingerprint density at radius 1 is 1.21 bits per heavy atom. The second-order valence-corrected chi connectivity index (χ2v) is 5.51. The fourth-order valence-corrected chi connectivity index (χ4v) is 2.93. The third kappa shape index (κ3) is 3.08. The first-order valence-electron chi connectivity index (χ1n) is 7.31. The molecule has 0 bridgehead atoms. The molecule has 2 aliphatic rings. The van der Waals surface area contributed by atoms with Gasteiger partial charge in [-0.1, -0.05) is 12.1 Å². The van der Waals surface area contributed by atoms with Crippen molar-refractivity contribution in [1.82, 2.24) is 10.2 Å². The Labute approximate surface area is 114 Å². The van der Waals surface area contributed by atoms with Crippen molar-refractivity contribution in [2.24, 2.45) is 0 Å². The molecule has 0 radical (unpaired) electrons. The van der Waals surface area contributed by atoms with Crippen molar-refractivity contribution in [3.63, 3.8) is 0 Å². The van der Waals surface area contributed by atoms with E-state index < -0.39 is 0 Å². The van der Waals surface area contributed by atoms with Crippen molar-refractivity contribution in [1.29, 1.82) is 0 Å². The molecule has 0 saturated carbocycles. The van der Waals surface area contributed by atoms with Crippen molar-refractivity contribution in [3.8, 4) is 0 Å². The van der Waals surface area contributed by atoms with E-state index in [1.807, 2.05) is 0 Å². The molecule has 0 amide bonds. The number of hydrogen-bond donors (Lipinski definition) is 3. The predicted octanol–water partition coefficient (Wildman–Crippen LogP) is 0.983. The summed E-state index contributed by atoms with van der Waals surface area (Å²) in [5.74, 6) is 0. The van der Waals surface area contributed by atoms with E-state index in [2.05, 4.69) is 33.7 Å². The summed E-state index contributed by atoms with van der Waals surface area (Å²) in [6.07, 6.45) is 1.97. The van der Waals surface area contributed by atoms with Gasteiger partial charge in [-0.2, -0.15) is 0 Å². The van der Waals surface area contributed by atoms with E-state index in [0.717, 1.165) is 51.3 Å². The number of benzene rings is 1. The van der Waals surface area contributed by atoms with Crippen molar-refractivity contribution in [2.75, 3.05) is 44.6 Å². The van der Waals surface area contributed by atoms with Crippen LogP contribution in [0.4, 0.5) is 5.69 Å². The minimum atomic E-state index is -0.382. The molecule has 2 aliphatic heterocycles. The van der Waals surface area contributed by atoms with Gasteiger partial charge in [0.1, 0.15) is 0 Å². The Balaban J connectivity index is 1.67.